The van der Waals surface area contributed by atoms with Crippen molar-refractivity contribution in [1.29, 1.82) is 0 Å². The van der Waals surface area contributed by atoms with Gasteiger partial charge in [0, 0.05) is 0 Å². The van der Waals surface area contributed by atoms with Crippen molar-refractivity contribution < 1.29 is 27.4 Å². The van der Waals surface area contributed by atoms with Crippen LogP contribution in [0.3, 0.4) is 0 Å². The summed E-state index contributed by atoms with van der Waals surface area (Å²) in [6.07, 6.45) is -4.73. The molecule has 0 aliphatic heterocycles. The van der Waals surface area contributed by atoms with E-state index in [0.29, 0.717) is 0 Å². The van der Waals surface area contributed by atoms with Crippen molar-refractivity contribution in [3.63, 3.8) is 0 Å². The second-order valence-electron chi connectivity index (χ2n) is 2.79. The van der Waals surface area contributed by atoms with Crippen molar-refractivity contribution in [2.24, 2.45) is 0 Å². The van der Waals surface area contributed by atoms with Crippen LogP contribution in [0.15, 0.2) is 24.3 Å². The van der Waals surface area contributed by atoms with Crippen LogP contribution < -0.4 is 4.74 Å². The van der Waals surface area contributed by atoms with Crippen LogP contribution >= 0.6 is 0 Å². The van der Waals surface area contributed by atoms with Gasteiger partial charge < -0.3 is 9.47 Å². The highest BCUT2D eigenvalue weighted by Crippen LogP contribution is 2.22. The lowest BCUT2D eigenvalue weighted by atomic mass is 10.2. The minimum Gasteiger partial charge on any atom is -0.462 e. The fourth-order valence-corrected chi connectivity index (χ4v) is 1.01. The summed E-state index contributed by atoms with van der Waals surface area (Å²) < 4.78 is 43.7. The molecule has 0 saturated heterocycles. The summed E-state index contributed by atoms with van der Waals surface area (Å²) in [6, 6.07) is 4.53. The maximum absolute atomic E-state index is 11.8. The molecule has 0 aromatic heterocycles. The van der Waals surface area contributed by atoms with Crippen LogP contribution in [-0.4, -0.2) is 18.9 Å². The third-order valence-corrected chi connectivity index (χ3v) is 1.60. The molecule has 6 heteroatoms. The third-order valence-electron chi connectivity index (χ3n) is 1.60. The monoisotopic (exact) mass is 234 g/mol. The van der Waals surface area contributed by atoms with Gasteiger partial charge in [-0.2, -0.15) is 0 Å². The molecule has 0 spiro atoms. The first-order valence-electron chi connectivity index (χ1n) is 4.45. The number of benzene rings is 1. The highest BCUT2D eigenvalue weighted by atomic mass is 19.4. The fourth-order valence-electron chi connectivity index (χ4n) is 1.01. The third kappa shape index (κ3) is 3.80. The predicted octanol–water partition coefficient (Wildman–Crippen LogP) is 2.76. The quantitative estimate of drug-likeness (QED) is 0.754. The second kappa shape index (κ2) is 4.87. The van der Waals surface area contributed by atoms with Crippen LogP contribution in [0.2, 0.25) is 0 Å². The molecule has 0 saturated carbocycles. The van der Waals surface area contributed by atoms with E-state index >= 15 is 0 Å². The molecule has 0 bridgehead atoms. The van der Waals surface area contributed by atoms with E-state index in [9.17, 15) is 18.0 Å². The van der Waals surface area contributed by atoms with Gasteiger partial charge in [-0.25, -0.2) is 4.79 Å². The summed E-state index contributed by atoms with van der Waals surface area (Å²) in [5.74, 6) is -0.957. The Hall–Kier alpha value is -1.72. The summed E-state index contributed by atoms with van der Waals surface area (Å²) >= 11 is 0. The number of alkyl halides is 3. The van der Waals surface area contributed by atoms with Crippen LogP contribution in [0.5, 0.6) is 5.75 Å². The first kappa shape index (κ1) is 12.4. The van der Waals surface area contributed by atoms with Crippen LogP contribution in [0.4, 0.5) is 13.2 Å². The Morgan fingerprint density at radius 3 is 2.25 bits per heavy atom. The molecule has 1 rings (SSSR count). The van der Waals surface area contributed by atoms with Gasteiger partial charge in [0.2, 0.25) is 0 Å². The predicted molar refractivity (Wildman–Crippen MR) is 49.1 cm³/mol. The lowest BCUT2D eigenvalue weighted by Crippen LogP contribution is -2.17. The van der Waals surface area contributed by atoms with Gasteiger partial charge in [-0.1, -0.05) is 0 Å². The van der Waals surface area contributed by atoms with Gasteiger partial charge in [0.25, 0.3) is 0 Å². The fraction of sp³-hybridized carbons (Fsp3) is 0.300. The highest BCUT2D eigenvalue weighted by molar-refractivity contribution is 5.89. The van der Waals surface area contributed by atoms with Gasteiger partial charge in [0.15, 0.2) is 0 Å². The molecule has 3 nitrogen and oxygen atoms in total. The van der Waals surface area contributed by atoms with Gasteiger partial charge in [-0.05, 0) is 31.2 Å². The van der Waals surface area contributed by atoms with Gasteiger partial charge in [-0.15, -0.1) is 13.2 Å². The van der Waals surface area contributed by atoms with E-state index in [1.54, 1.807) is 6.92 Å². The van der Waals surface area contributed by atoms with Crippen molar-refractivity contribution in [3.05, 3.63) is 29.8 Å². The number of carbonyl (C=O) groups is 1. The molecule has 0 fully saturated rings. The summed E-state index contributed by atoms with van der Waals surface area (Å²) in [6.45, 7) is 1.85. The van der Waals surface area contributed by atoms with Crippen molar-refractivity contribution in [1.82, 2.24) is 0 Å². The Kier molecular flexibility index (Phi) is 3.76. The van der Waals surface area contributed by atoms with E-state index in [0.717, 1.165) is 12.1 Å². The smallest absolute Gasteiger partial charge is 0.462 e. The molecule has 0 unspecified atom stereocenters. The molecule has 1 aromatic rings. The van der Waals surface area contributed by atoms with Crippen LogP contribution in [-0.2, 0) is 4.74 Å². The average molecular weight is 234 g/mol. The zero-order valence-electron chi connectivity index (χ0n) is 8.38. The molecule has 0 heterocycles. The maximum Gasteiger partial charge on any atom is 0.573 e. The normalized spacial score (nSPS) is 11.0. The van der Waals surface area contributed by atoms with E-state index in [-0.39, 0.29) is 17.9 Å². The van der Waals surface area contributed by atoms with E-state index in [1.807, 2.05) is 0 Å². The highest BCUT2D eigenvalue weighted by Gasteiger charge is 2.31. The number of ether oxygens (including phenoxy) is 2. The Balaban J connectivity index is 2.72. The number of halogens is 3. The zero-order valence-corrected chi connectivity index (χ0v) is 8.38. The summed E-state index contributed by atoms with van der Waals surface area (Å²) in [4.78, 5) is 11.2. The van der Waals surface area contributed by atoms with Gasteiger partial charge >= 0.3 is 12.3 Å². The largest absolute Gasteiger partial charge is 0.573 e. The van der Waals surface area contributed by atoms with E-state index in [1.165, 1.54) is 12.1 Å². The van der Waals surface area contributed by atoms with Crippen LogP contribution in [0, 0.1) is 0 Å². The number of rotatable bonds is 3. The second-order valence-corrected chi connectivity index (χ2v) is 2.79. The summed E-state index contributed by atoms with van der Waals surface area (Å²) in [5.41, 5.74) is 0.177. The van der Waals surface area contributed by atoms with Crippen molar-refractivity contribution >= 4 is 5.97 Å². The molecule has 0 N–H and O–H groups in total. The van der Waals surface area contributed by atoms with E-state index in [4.69, 9.17) is 0 Å². The first-order chi connectivity index (χ1) is 7.42. The molecular formula is C10H9F3O3. The maximum atomic E-state index is 11.8. The lowest BCUT2D eigenvalue weighted by molar-refractivity contribution is -0.274. The number of hydrogen-bond acceptors (Lipinski definition) is 3. The first-order valence-corrected chi connectivity index (χ1v) is 4.45. The molecule has 16 heavy (non-hydrogen) atoms. The van der Waals surface area contributed by atoms with Gasteiger partial charge in [0.1, 0.15) is 5.75 Å². The van der Waals surface area contributed by atoms with Crippen LogP contribution in [0.25, 0.3) is 0 Å². The van der Waals surface area contributed by atoms with E-state index < -0.39 is 12.3 Å². The summed E-state index contributed by atoms with van der Waals surface area (Å²) in [7, 11) is 0. The molecule has 0 amide bonds. The lowest BCUT2D eigenvalue weighted by Gasteiger charge is -2.08. The minimum atomic E-state index is -4.73. The Bertz CT molecular complexity index is 357. The molecular weight excluding hydrogens is 225 g/mol. The van der Waals surface area contributed by atoms with E-state index in [2.05, 4.69) is 9.47 Å². The Morgan fingerprint density at radius 2 is 1.81 bits per heavy atom. The SMILES string of the molecule is CCOC(=O)c1ccc(OC(F)(F)F)cc1. The minimum absolute atomic E-state index is 0.177. The van der Waals surface area contributed by atoms with Crippen molar-refractivity contribution in [3.8, 4) is 5.75 Å². The molecule has 0 atom stereocenters. The topological polar surface area (TPSA) is 35.5 Å². The standard InChI is InChI=1S/C10H9F3O3/c1-2-15-9(14)7-3-5-8(6-4-7)16-10(11,12)13/h3-6H,2H2,1H3. The zero-order chi connectivity index (χ0) is 12.2. The molecule has 0 aliphatic carbocycles. The molecule has 1 aromatic carbocycles. The molecule has 0 aliphatic rings. The number of esters is 1. The Labute approximate surface area is 89.8 Å². The molecule has 88 valence electrons. The number of hydrogen-bond donors (Lipinski definition) is 0. The van der Waals surface area contributed by atoms with Crippen molar-refractivity contribution in [2.75, 3.05) is 6.61 Å². The summed E-state index contributed by atoms with van der Waals surface area (Å²) in [5, 5.41) is 0. The van der Waals surface area contributed by atoms with Crippen molar-refractivity contribution in [2.45, 2.75) is 13.3 Å². The number of carbonyl (C=O) groups excluding carboxylic acids is 1. The van der Waals surface area contributed by atoms with Crippen LogP contribution in [0.1, 0.15) is 17.3 Å². The van der Waals surface area contributed by atoms with Gasteiger partial charge in [0.05, 0.1) is 12.2 Å². The van der Waals surface area contributed by atoms with Gasteiger partial charge in [-0.3, -0.25) is 0 Å². The average Bonchev–Trinajstić information content (AvgIpc) is 2.16. The molecule has 0 radical (unpaired) electrons. The Morgan fingerprint density at radius 1 is 1.25 bits per heavy atom.